The quantitative estimate of drug-likeness (QED) is 0.807. The minimum absolute atomic E-state index is 0.0140. The molecule has 2 aromatic rings. The van der Waals surface area contributed by atoms with Crippen molar-refractivity contribution in [2.45, 2.75) is 40.0 Å². The van der Waals surface area contributed by atoms with E-state index in [0.717, 1.165) is 23.4 Å². The van der Waals surface area contributed by atoms with Gasteiger partial charge in [0.05, 0.1) is 0 Å². The standard InChI is InChI=1S/C20H25NO2/c1-4-5-6-17-8-10-18(11-9-17)21-20(22)14-23-19-12-7-15(2)16(3)13-19/h7-13H,4-6,14H2,1-3H3,(H,21,22). The molecule has 23 heavy (non-hydrogen) atoms. The average molecular weight is 311 g/mol. The lowest BCUT2D eigenvalue weighted by molar-refractivity contribution is -0.118. The maximum atomic E-state index is 12.0. The number of aryl methyl sites for hydroxylation is 3. The molecular weight excluding hydrogens is 286 g/mol. The van der Waals surface area contributed by atoms with Gasteiger partial charge in [-0.3, -0.25) is 4.79 Å². The van der Waals surface area contributed by atoms with Crippen molar-refractivity contribution in [2.24, 2.45) is 0 Å². The molecule has 0 saturated heterocycles. The summed E-state index contributed by atoms with van der Waals surface area (Å²) in [6, 6.07) is 13.9. The van der Waals surface area contributed by atoms with E-state index in [1.54, 1.807) is 0 Å². The zero-order valence-electron chi connectivity index (χ0n) is 14.2. The zero-order valence-corrected chi connectivity index (χ0v) is 14.2. The van der Waals surface area contributed by atoms with Crippen molar-refractivity contribution in [3.63, 3.8) is 0 Å². The molecule has 0 heterocycles. The van der Waals surface area contributed by atoms with Crippen LogP contribution in [0, 0.1) is 13.8 Å². The Morgan fingerprint density at radius 2 is 1.78 bits per heavy atom. The Morgan fingerprint density at radius 3 is 2.43 bits per heavy atom. The van der Waals surface area contributed by atoms with E-state index in [4.69, 9.17) is 4.74 Å². The number of amides is 1. The number of benzene rings is 2. The highest BCUT2D eigenvalue weighted by molar-refractivity contribution is 5.91. The first kappa shape index (κ1) is 17.1. The Bertz CT molecular complexity index is 647. The van der Waals surface area contributed by atoms with Crippen molar-refractivity contribution in [1.82, 2.24) is 0 Å². The largest absolute Gasteiger partial charge is 0.484 e. The number of hydrogen-bond acceptors (Lipinski definition) is 2. The highest BCUT2D eigenvalue weighted by atomic mass is 16.5. The second-order valence-corrected chi connectivity index (χ2v) is 5.88. The fourth-order valence-electron chi connectivity index (χ4n) is 2.29. The van der Waals surface area contributed by atoms with Gasteiger partial charge in [-0.15, -0.1) is 0 Å². The van der Waals surface area contributed by atoms with Crippen LogP contribution in [-0.4, -0.2) is 12.5 Å². The van der Waals surface area contributed by atoms with Gasteiger partial charge in [0.1, 0.15) is 5.75 Å². The summed E-state index contributed by atoms with van der Waals surface area (Å²) in [6.07, 6.45) is 3.46. The number of hydrogen-bond donors (Lipinski definition) is 1. The Labute approximate surface area is 138 Å². The van der Waals surface area contributed by atoms with Crippen LogP contribution in [0.25, 0.3) is 0 Å². The molecule has 0 aliphatic carbocycles. The molecule has 0 saturated carbocycles. The summed E-state index contributed by atoms with van der Waals surface area (Å²) in [7, 11) is 0. The normalized spacial score (nSPS) is 10.4. The van der Waals surface area contributed by atoms with Crippen molar-refractivity contribution in [3.05, 3.63) is 59.2 Å². The predicted octanol–water partition coefficient (Wildman–Crippen LogP) is 4.66. The lowest BCUT2D eigenvalue weighted by atomic mass is 10.1. The fourth-order valence-corrected chi connectivity index (χ4v) is 2.29. The molecule has 0 bridgehead atoms. The Hall–Kier alpha value is -2.29. The number of unbranched alkanes of at least 4 members (excludes halogenated alkanes) is 1. The third kappa shape index (κ3) is 5.44. The number of anilines is 1. The van der Waals surface area contributed by atoms with Crippen LogP contribution in [0.4, 0.5) is 5.69 Å². The van der Waals surface area contributed by atoms with Gasteiger partial charge in [0.2, 0.25) is 0 Å². The first-order valence-corrected chi connectivity index (χ1v) is 8.17. The van der Waals surface area contributed by atoms with Crippen LogP contribution in [0.3, 0.4) is 0 Å². The van der Waals surface area contributed by atoms with E-state index in [1.807, 2.05) is 37.3 Å². The third-order valence-electron chi connectivity index (χ3n) is 3.91. The van der Waals surface area contributed by atoms with Gasteiger partial charge >= 0.3 is 0 Å². The molecule has 0 atom stereocenters. The van der Waals surface area contributed by atoms with Crippen LogP contribution in [0.1, 0.15) is 36.5 Å². The summed E-state index contributed by atoms with van der Waals surface area (Å²) in [5.74, 6) is 0.572. The molecule has 0 aliphatic rings. The lowest BCUT2D eigenvalue weighted by Gasteiger charge is -2.09. The SMILES string of the molecule is CCCCc1ccc(NC(=O)COc2ccc(C)c(C)c2)cc1. The molecule has 1 N–H and O–H groups in total. The van der Waals surface area contributed by atoms with Crippen LogP contribution in [0.15, 0.2) is 42.5 Å². The van der Waals surface area contributed by atoms with Crippen LogP contribution in [0.5, 0.6) is 5.75 Å². The van der Waals surface area contributed by atoms with Gasteiger partial charge < -0.3 is 10.1 Å². The van der Waals surface area contributed by atoms with Crippen LogP contribution in [-0.2, 0) is 11.2 Å². The van der Waals surface area contributed by atoms with Gasteiger partial charge in [0.15, 0.2) is 6.61 Å². The monoisotopic (exact) mass is 311 g/mol. The number of ether oxygens (including phenoxy) is 1. The van der Waals surface area contributed by atoms with Crippen LogP contribution in [0.2, 0.25) is 0 Å². The van der Waals surface area contributed by atoms with Crippen molar-refractivity contribution >= 4 is 11.6 Å². The zero-order chi connectivity index (χ0) is 16.7. The van der Waals surface area contributed by atoms with E-state index in [-0.39, 0.29) is 12.5 Å². The molecule has 0 unspecified atom stereocenters. The van der Waals surface area contributed by atoms with E-state index in [0.29, 0.717) is 0 Å². The van der Waals surface area contributed by atoms with E-state index in [2.05, 4.69) is 31.3 Å². The summed E-state index contributed by atoms with van der Waals surface area (Å²) in [5, 5.41) is 2.86. The van der Waals surface area contributed by atoms with Gasteiger partial charge in [-0.25, -0.2) is 0 Å². The summed E-state index contributed by atoms with van der Waals surface area (Å²) >= 11 is 0. The predicted molar refractivity (Wildman–Crippen MR) is 95.1 cm³/mol. The molecular formula is C20H25NO2. The molecule has 0 spiro atoms. The smallest absolute Gasteiger partial charge is 0.262 e. The van der Waals surface area contributed by atoms with Gasteiger partial charge in [0.25, 0.3) is 5.91 Å². The highest BCUT2D eigenvalue weighted by Crippen LogP contribution is 2.16. The van der Waals surface area contributed by atoms with Gasteiger partial charge in [-0.05, 0) is 67.6 Å². The fraction of sp³-hybridized carbons (Fsp3) is 0.350. The lowest BCUT2D eigenvalue weighted by Crippen LogP contribution is -2.20. The third-order valence-corrected chi connectivity index (χ3v) is 3.91. The molecule has 0 radical (unpaired) electrons. The second kappa shape index (κ2) is 8.37. The maximum absolute atomic E-state index is 12.0. The average Bonchev–Trinajstić information content (AvgIpc) is 2.55. The van der Waals surface area contributed by atoms with Crippen LogP contribution >= 0.6 is 0 Å². The van der Waals surface area contributed by atoms with E-state index < -0.39 is 0 Å². The van der Waals surface area contributed by atoms with Crippen molar-refractivity contribution in [3.8, 4) is 5.75 Å². The number of carbonyl (C=O) groups is 1. The summed E-state index contributed by atoms with van der Waals surface area (Å²) in [6.45, 7) is 6.28. The highest BCUT2D eigenvalue weighted by Gasteiger charge is 2.05. The minimum atomic E-state index is -0.149. The Morgan fingerprint density at radius 1 is 1.04 bits per heavy atom. The Kier molecular flexibility index (Phi) is 6.21. The number of carbonyl (C=O) groups excluding carboxylic acids is 1. The van der Waals surface area contributed by atoms with E-state index >= 15 is 0 Å². The molecule has 0 fully saturated rings. The first-order chi connectivity index (χ1) is 11.1. The van der Waals surface area contributed by atoms with Gasteiger partial charge in [0, 0.05) is 5.69 Å². The first-order valence-electron chi connectivity index (χ1n) is 8.17. The number of nitrogens with one attached hydrogen (secondary N) is 1. The minimum Gasteiger partial charge on any atom is -0.484 e. The summed E-state index contributed by atoms with van der Waals surface area (Å²) in [4.78, 5) is 12.0. The molecule has 3 nitrogen and oxygen atoms in total. The van der Waals surface area contributed by atoms with Crippen molar-refractivity contribution < 1.29 is 9.53 Å². The van der Waals surface area contributed by atoms with E-state index in [1.165, 1.54) is 24.0 Å². The van der Waals surface area contributed by atoms with Crippen LogP contribution < -0.4 is 10.1 Å². The van der Waals surface area contributed by atoms with Crippen molar-refractivity contribution in [1.29, 1.82) is 0 Å². The Balaban J connectivity index is 1.83. The summed E-state index contributed by atoms with van der Waals surface area (Å²) in [5.41, 5.74) is 4.48. The topological polar surface area (TPSA) is 38.3 Å². The van der Waals surface area contributed by atoms with Gasteiger partial charge in [-0.2, -0.15) is 0 Å². The molecule has 3 heteroatoms. The maximum Gasteiger partial charge on any atom is 0.262 e. The molecule has 2 rings (SSSR count). The molecule has 0 aromatic heterocycles. The summed E-state index contributed by atoms with van der Waals surface area (Å²) < 4.78 is 5.54. The van der Waals surface area contributed by atoms with Crippen molar-refractivity contribution in [2.75, 3.05) is 11.9 Å². The number of rotatable bonds is 7. The van der Waals surface area contributed by atoms with Gasteiger partial charge in [-0.1, -0.05) is 31.5 Å². The molecule has 0 aliphatic heterocycles. The molecule has 1 amide bonds. The second-order valence-electron chi connectivity index (χ2n) is 5.88. The van der Waals surface area contributed by atoms with E-state index in [9.17, 15) is 4.79 Å². The molecule has 122 valence electrons. The molecule has 2 aromatic carbocycles.